The van der Waals surface area contributed by atoms with E-state index in [0.717, 1.165) is 6.54 Å². The van der Waals surface area contributed by atoms with Gasteiger partial charge in [-0.25, -0.2) is 0 Å². The number of ether oxygens (including phenoxy) is 1. The molecule has 0 aromatic heterocycles. The fraction of sp³-hybridized carbons (Fsp3) is 0.304. The van der Waals surface area contributed by atoms with Gasteiger partial charge in [0.25, 0.3) is 0 Å². The molecule has 0 spiro atoms. The zero-order valence-corrected chi connectivity index (χ0v) is 14.9. The van der Waals surface area contributed by atoms with E-state index in [1.165, 1.54) is 11.3 Å². The lowest BCUT2D eigenvalue weighted by atomic mass is 9.65. The average Bonchev–Trinajstić information content (AvgIpc) is 2.97. The first-order chi connectivity index (χ1) is 13.2. The van der Waals surface area contributed by atoms with E-state index in [2.05, 4.69) is 53.5 Å². The zero-order chi connectivity index (χ0) is 18.4. The summed E-state index contributed by atoms with van der Waals surface area (Å²) in [5.74, 6) is -1.03. The number of fused-ring (bicyclic) bond motifs is 1. The number of carbonyl (C=O) groups is 2. The lowest BCUT2D eigenvalue weighted by Crippen LogP contribution is -2.55. The summed E-state index contributed by atoms with van der Waals surface area (Å²) in [6.07, 6.45) is 4.81. The predicted molar refractivity (Wildman–Crippen MR) is 102 cm³/mol. The number of hydrogen-bond acceptors (Lipinski definition) is 4. The van der Waals surface area contributed by atoms with Crippen LogP contribution in [0.4, 0.5) is 5.69 Å². The van der Waals surface area contributed by atoms with Crippen LogP contribution in [0, 0.1) is 23.7 Å². The molecule has 5 rings (SSSR count). The van der Waals surface area contributed by atoms with Crippen LogP contribution >= 0.6 is 0 Å². The van der Waals surface area contributed by atoms with Crippen LogP contribution in [0.3, 0.4) is 0 Å². The van der Waals surface area contributed by atoms with Crippen LogP contribution in [0.25, 0.3) is 0 Å². The fourth-order valence-corrected chi connectivity index (χ4v) is 4.96. The molecule has 2 aromatic rings. The Bertz CT molecular complexity index is 892. The van der Waals surface area contributed by atoms with E-state index >= 15 is 0 Å². The number of para-hydroxylation sites is 1. The molecule has 0 unspecified atom stereocenters. The fourth-order valence-electron chi connectivity index (χ4n) is 4.96. The Morgan fingerprint density at radius 2 is 1.59 bits per heavy atom. The number of cyclic esters (lactones) is 2. The van der Waals surface area contributed by atoms with Gasteiger partial charge >= 0.3 is 11.9 Å². The Hall–Kier alpha value is -2.88. The lowest BCUT2D eigenvalue weighted by molar-refractivity contribution is -0.154. The van der Waals surface area contributed by atoms with E-state index in [9.17, 15) is 9.59 Å². The van der Waals surface area contributed by atoms with E-state index in [1.807, 2.05) is 24.3 Å². The van der Waals surface area contributed by atoms with Crippen molar-refractivity contribution in [2.45, 2.75) is 12.5 Å². The third-order valence-corrected chi connectivity index (χ3v) is 6.24. The number of carbonyl (C=O) groups excluding carboxylic acids is 2. The largest absolute Gasteiger partial charge is 0.393 e. The van der Waals surface area contributed by atoms with Crippen molar-refractivity contribution in [2.75, 3.05) is 11.4 Å². The van der Waals surface area contributed by atoms with E-state index in [4.69, 9.17) is 4.74 Å². The van der Waals surface area contributed by atoms with Crippen LogP contribution in [0.2, 0.25) is 0 Å². The summed E-state index contributed by atoms with van der Waals surface area (Å²) < 4.78 is 4.98. The van der Waals surface area contributed by atoms with Crippen molar-refractivity contribution in [2.24, 2.45) is 23.7 Å². The summed E-state index contributed by atoms with van der Waals surface area (Å²) in [4.78, 5) is 26.8. The molecular weight excluding hydrogens is 338 g/mol. The summed E-state index contributed by atoms with van der Waals surface area (Å²) in [5.41, 5.74) is 2.43. The number of esters is 2. The minimum Gasteiger partial charge on any atom is -0.393 e. The number of benzene rings is 2. The standard InChI is InChI=1S/C23H21NO3/c25-22-18-13-7-12-17(20(18)23(26)27-22)19-14-24(16-10-5-2-6-11-16)21(19)15-8-3-1-4-9-15/h1-12,17-21H,13-14H2/t17-,18-,19+,20+,21+/m1/s1. The third-order valence-electron chi connectivity index (χ3n) is 6.24. The lowest BCUT2D eigenvalue weighted by Gasteiger charge is -2.54. The number of nitrogens with zero attached hydrogens (tertiary/aromatic N) is 1. The van der Waals surface area contributed by atoms with Gasteiger partial charge in [-0.3, -0.25) is 9.59 Å². The van der Waals surface area contributed by atoms with Gasteiger partial charge in [0.05, 0.1) is 17.9 Å². The van der Waals surface area contributed by atoms with E-state index < -0.39 is 0 Å². The van der Waals surface area contributed by atoms with Gasteiger partial charge < -0.3 is 9.64 Å². The Balaban J connectivity index is 1.50. The van der Waals surface area contributed by atoms with E-state index in [1.54, 1.807) is 0 Å². The van der Waals surface area contributed by atoms with Crippen molar-refractivity contribution in [3.05, 3.63) is 78.4 Å². The summed E-state index contributed by atoms with van der Waals surface area (Å²) in [7, 11) is 0. The number of hydrogen-bond donors (Lipinski definition) is 0. The van der Waals surface area contributed by atoms with Gasteiger partial charge in [0, 0.05) is 18.2 Å². The number of rotatable bonds is 3. The summed E-state index contributed by atoms with van der Waals surface area (Å²) in [6, 6.07) is 21.0. The van der Waals surface area contributed by atoms with Gasteiger partial charge in [-0.2, -0.15) is 0 Å². The van der Waals surface area contributed by atoms with Crippen molar-refractivity contribution >= 4 is 17.6 Å². The van der Waals surface area contributed by atoms with Crippen LogP contribution in [0.1, 0.15) is 18.0 Å². The van der Waals surface area contributed by atoms with Crippen molar-refractivity contribution in [1.29, 1.82) is 0 Å². The molecule has 0 bridgehead atoms. The van der Waals surface area contributed by atoms with Crippen LogP contribution in [0.15, 0.2) is 72.8 Å². The second kappa shape index (κ2) is 6.38. The molecule has 2 saturated heterocycles. The van der Waals surface area contributed by atoms with Crippen molar-refractivity contribution in [3.63, 3.8) is 0 Å². The highest BCUT2D eigenvalue weighted by Crippen LogP contribution is 2.51. The van der Waals surface area contributed by atoms with Gasteiger partial charge in [0.2, 0.25) is 0 Å². The number of allylic oxidation sites excluding steroid dienone is 2. The molecule has 2 fully saturated rings. The highest BCUT2D eigenvalue weighted by atomic mass is 16.6. The molecule has 0 radical (unpaired) electrons. The maximum Gasteiger partial charge on any atom is 0.318 e. The second-order valence-corrected chi connectivity index (χ2v) is 7.62. The van der Waals surface area contributed by atoms with Crippen LogP contribution in [-0.2, 0) is 14.3 Å². The molecule has 2 aromatic carbocycles. The highest BCUT2D eigenvalue weighted by Gasteiger charge is 2.55. The van der Waals surface area contributed by atoms with Crippen molar-refractivity contribution < 1.29 is 14.3 Å². The molecule has 5 atom stereocenters. The Morgan fingerprint density at radius 3 is 2.33 bits per heavy atom. The maximum absolute atomic E-state index is 12.4. The molecule has 0 saturated carbocycles. The summed E-state index contributed by atoms with van der Waals surface area (Å²) in [5, 5.41) is 0. The smallest absolute Gasteiger partial charge is 0.318 e. The van der Waals surface area contributed by atoms with Gasteiger partial charge in [-0.1, -0.05) is 60.7 Å². The van der Waals surface area contributed by atoms with Gasteiger partial charge in [-0.05, 0) is 30.0 Å². The average molecular weight is 359 g/mol. The molecule has 0 amide bonds. The summed E-state index contributed by atoms with van der Waals surface area (Å²) in [6.45, 7) is 0.864. The molecule has 3 aliphatic rings. The maximum atomic E-state index is 12.4. The first-order valence-corrected chi connectivity index (χ1v) is 9.53. The normalized spacial score (nSPS) is 32.0. The Morgan fingerprint density at radius 1 is 0.889 bits per heavy atom. The van der Waals surface area contributed by atoms with Crippen molar-refractivity contribution in [1.82, 2.24) is 0 Å². The molecule has 27 heavy (non-hydrogen) atoms. The Labute approximate surface area is 158 Å². The van der Waals surface area contributed by atoms with Gasteiger partial charge in [0.1, 0.15) is 0 Å². The first-order valence-electron chi connectivity index (χ1n) is 9.53. The van der Waals surface area contributed by atoms with Crippen LogP contribution in [-0.4, -0.2) is 18.5 Å². The molecule has 4 heteroatoms. The van der Waals surface area contributed by atoms with Crippen LogP contribution < -0.4 is 4.90 Å². The molecular formula is C23H21NO3. The molecule has 4 nitrogen and oxygen atoms in total. The monoisotopic (exact) mass is 359 g/mol. The predicted octanol–water partition coefficient (Wildman–Crippen LogP) is 3.76. The molecule has 1 aliphatic carbocycles. The molecule has 0 N–H and O–H groups in total. The number of anilines is 1. The van der Waals surface area contributed by atoms with E-state index in [0.29, 0.717) is 6.42 Å². The molecule has 2 aliphatic heterocycles. The summed E-state index contributed by atoms with van der Waals surface area (Å²) >= 11 is 0. The molecule has 2 heterocycles. The Kier molecular flexibility index (Phi) is 3.85. The quantitative estimate of drug-likeness (QED) is 0.476. The topological polar surface area (TPSA) is 46.6 Å². The van der Waals surface area contributed by atoms with Crippen molar-refractivity contribution in [3.8, 4) is 0 Å². The first kappa shape index (κ1) is 16.3. The van der Waals surface area contributed by atoms with E-state index in [-0.39, 0.29) is 41.7 Å². The zero-order valence-electron chi connectivity index (χ0n) is 14.9. The van der Waals surface area contributed by atoms with Crippen LogP contribution in [0.5, 0.6) is 0 Å². The molecule has 136 valence electrons. The van der Waals surface area contributed by atoms with Gasteiger partial charge in [0.15, 0.2) is 0 Å². The second-order valence-electron chi connectivity index (χ2n) is 7.62. The minimum absolute atomic E-state index is 0.0351. The highest BCUT2D eigenvalue weighted by molar-refractivity contribution is 5.97. The minimum atomic E-state index is -0.352. The van der Waals surface area contributed by atoms with Gasteiger partial charge in [-0.15, -0.1) is 0 Å². The SMILES string of the molecule is O=C1OC(=O)[C@@H]2CC=C[C@H]([C@@H]3CN(c4ccccc4)[C@H]3c3ccccc3)[C@H]12. The third kappa shape index (κ3) is 2.59.